The number of benzene rings is 2. The summed E-state index contributed by atoms with van der Waals surface area (Å²) in [6.07, 6.45) is 7.20. The molecule has 2 N–H and O–H groups in total. The van der Waals surface area contributed by atoms with Crippen LogP contribution in [0.3, 0.4) is 0 Å². The van der Waals surface area contributed by atoms with Gasteiger partial charge in [0.1, 0.15) is 11.6 Å². The van der Waals surface area contributed by atoms with Crippen molar-refractivity contribution in [3.05, 3.63) is 85.5 Å². The van der Waals surface area contributed by atoms with Gasteiger partial charge in [-0.2, -0.15) is 0 Å². The highest BCUT2D eigenvalue weighted by Crippen LogP contribution is 2.38. The second-order valence-electron chi connectivity index (χ2n) is 9.38. The van der Waals surface area contributed by atoms with Crippen LogP contribution < -0.4 is 0 Å². The molecule has 0 bridgehead atoms. The molecule has 0 atom stereocenters. The lowest BCUT2D eigenvalue weighted by molar-refractivity contribution is 1.36. The Morgan fingerprint density at radius 3 is 1.26 bits per heavy atom. The number of hydrogen-bond donors (Lipinski definition) is 2. The molecule has 39 heavy (non-hydrogen) atoms. The average Bonchev–Trinajstić information content (AvgIpc) is 3.76. The predicted octanol–water partition coefficient (Wildman–Crippen LogP) is 7.03. The summed E-state index contributed by atoms with van der Waals surface area (Å²) >= 11 is 1.64. The SMILES string of the molecule is c1cnc2c(c1)c1nc(-c3ccc(-c4nc5c6cccnc6c6ncccc6c5[nH]4)s3)[nH]c1c1cccnc12. The van der Waals surface area contributed by atoms with Gasteiger partial charge in [-0.1, -0.05) is 0 Å². The summed E-state index contributed by atoms with van der Waals surface area (Å²) in [6, 6.07) is 20.2. The van der Waals surface area contributed by atoms with Crippen LogP contribution >= 0.6 is 11.3 Å². The molecule has 0 unspecified atom stereocenters. The molecule has 0 saturated carbocycles. The fraction of sp³-hybridized carbons (Fsp3) is 0. The topological polar surface area (TPSA) is 109 Å². The van der Waals surface area contributed by atoms with Gasteiger partial charge in [0.15, 0.2) is 0 Å². The Balaban J connectivity index is 1.24. The van der Waals surface area contributed by atoms with E-state index in [1.54, 1.807) is 36.1 Å². The lowest BCUT2D eigenvalue weighted by Gasteiger charge is -2.03. The average molecular weight is 521 g/mol. The normalized spacial score (nSPS) is 12.1. The van der Waals surface area contributed by atoms with Gasteiger partial charge >= 0.3 is 0 Å². The molecule has 0 aliphatic carbocycles. The van der Waals surface area contributed by atoms with Crippen molar-refractivity contribution >= 4 is 77.0 Å². The monoisotopic (exact) mass is 520 g/mol. The molecule has 182 valence electrons. The van der Waals surface area contributed by atoms with Crippen molar-refractivity contribution in [2.75, 3.05) is 0 Å². The first-order valence-corrected chi connectivity index (χ1v) is 13.3. The third-order valence-electron chi connectivity index (χ3n) is 7.21. The molecular formula is C30H16N8S. The Morgan fingerprint density at radius 2 is 0.821 bits per heavy atom. The molecule has 0 fully saturated rings. The Hall–Kier alpha value is -5.28. The summed E-state index contributed by atoms with van der Waals surface area (Å²) in [7, 11) is 0. The number of rotatable bonds is 2. The van der Waals surface area contributed by atoms with Crippen LogP contribution in [0.15, 0.2) is 85.5 Å². The van der Waals surface area contributed by atoms with E-state index in [0.29, 0.717) is 0 Å². The van der Waals surface area contributed by atoms with Gasteiger partial charge in [0, 0.05) is 46.3 Å². The third kappa shape index (κ3) is 2.87. The van der Waals surface area contributed by atoms with E-state index in [4.69, 9.17) is 9.97 Å². The Bertz CT molecular complexity index is 2100. The number of hydrogen-bond acceptors (Lipinski definition) is 7. The molecule has 0 spiro atoms. The fourth-order valence-corrected chi connectivity index (χ4v) is 6.41. The van der Waals surface area contributed by atoms with Crippen LogP contribution in [0.1, 0.15) is 0 Å². The van der Waals surface area contributed by atoms with E-state index >= 15 is 0 Å². The molecule has 0 saturated heterocycles. The van der Waals surface area contributed by atoms with E-state index < -0.39 is 0 Å². The molecule has 0 radical (unpaired) electrons. The summed E-state index contributed by atoms with van der Waals surface area (Å²) in [6.45, 7) is 0. The highest BCUT2D eigenvalue weighted by molar-refractivity contribution is 7.18. The second kappa shape index (κ2) is 7.62. The Morgan fingerprint density at radius 1 is 0.436 bits per heavy atom. The zero-order chi connectivity index (χ0) is 25.5. The summed E-state index contributed by atoms with van der Waals surface area (Å²) in [5.74, 6) is 1.62. The standard InChI is InChI=1S/C30H16N8S/c1-5-15-21(31-11-1)22-16(6-2-12-32-22)26-25(15)35-29(36-26)19-9-10-20(39-19)30-37-27-17-7-3-13-33-23(17)24-18(28(27)38-30)8-4-14-34-24/h1-14H,(H,35,36)(H,37,38). The number of aromatic nitrogens is 8. The zero-order valence-corrected chi connectivity index (χ0v) is 21.0. The third-order valence-corrected chi connectivity index (χ3v) is 8.31. The molecular weight excluding hydrogens is 504 g/mol. The Kier molecular flexibility index (Phi) is 4.05. The van der Waals surface area contributed by atoms with Crippen molar-refractivity contribution in [3.8, 4) is 21.4 Å². The number of pyridine rings is 4. The lowest BCUT2D eigenvalue weighted by atomic mass is 10.1. The number of nitrogens with zero attached hydrogens (tertiary/aromatic N) is 6. The first kappa shape index (κ1) is 20.7. The van der Waals surface area contributed by atoms with Gasteiger partial charge in [-0.25, -0.2) is 9.97 Å². The molecule has 9 rings (SSSR count). The number of imidazole rings is 2. The van der Waals surface area contributed by atoms with Crippen LogP contribution in [0.5, 0.6) is 0 Å². The van der Waals surface area contributed by atoms with E-state index in [9.17, 15) is 0 Å². The van der Waals surface area contributed by atoms with Gasteiger partial charge in [-0.15, -0.1) is 11.3 Å². The number of aromatic amines is 2. The molecule has 7 heterocycles. The molecule has 7 aromatic heterocycles. The van der Waals surface area contributed by atoms with Gasteiger partial charge in [0.05, 0.1) is 53.9 Å². The van der Waals surface area contributed by atoms with Crippen molar-refractivity contribution in [1.29, 1.82) is 0 Å². The quantitative estimate of drug-likeness (QED) is 0.237. The minimum atomic E-state index is 0.808. The van der Waals surface area contributed by atoms with Crippen LogP contribution in [0.4, 0.5) is 0 Å². The van der Waals surface area contributed by atoms with Crippen molar-refractivity contribution in [2.24, 2.45) is 0 Å². The minimum Gasteiger partial charge on any atom is -0.337 e. The highest BCUT2D eigenvalue weighted by Gasteiger charge is 2.19. The van der Waals surface area contributed by atoms with E-state index in [0.717, 1.165) is 87.1 Å². The van der Waals surface area contributed by atoms with E-state index in [2.05, 4.69) is 66.3 Å². The summed E-state index contributed by atoms with van der Waals surface area (Å²) in [5.41, 5.74) is 7.17. The Labute approximate surface area is 223 Å². The van der Waals surface area contributed by atoms with Crippen molar-refractivity contribution in [1.82, 2.24) is 39.9 Å². The molecule has 0 amide bonds. The molecule has 0 aliphatic rings. The predicted molar refractivity (Wildman–Crippen MR) is 156 cm³/mol. The summed E-state index contributed by atoms with van der Waals surface area (Å²) in [4.78, 5) is 37.7. The van der Waals surface area contributed by atoms with Gasteiger partial charge in [-0.3, -0.25) is 19.9 Å². The molecule has 0 aliphatic heterocycles. The van der Waals surface area contributed by atoms with Gasteiger partial charge in [0.25, 0.3) is 0 Å². The molecule has 2 aromatic carbocycles. The van der Waals surface area contributed by atoms with Crippen molar-refractivity contribution < 1.29 is 0 Å². The van der Waals surface area contributed by atoms with Crippen molar-refractivity contribution in [2.45, 2.75) is 0 Å². The summed E-state index contributed by atoms with van der Waals surface area (Å²) < 4.78 is 0. The maximum atomic E-state index is 5.03. The molecule has 9 heteroatoms. The largest absolute Gasteiger partial charge is 0.337 e. The summed E-state index contributed by atoms with van der Waals surface area (Å²) in [5, 5.41) is 3.98. The molecule has 8 nitrogen and oxygen atoms in total. The minimum absolute atomic E-state index is 0.808. The van der Waals surface area contributed by atoms with E-state index in [-0.39, 0.29) is 0 Å². The maximum absolute atomic E-state index is 5.03. The van der Waals surface area contributed by atoms with Gasteiger partial charge in [0.2, 0.25) is 0 Å². The van der Waals surface area contributed by atoms with Crippen LogP contribution in [0, 0.1) is 0 Å². The molecule has 9 aromatic rings. The lowest BCUT2D eigenvalue weighted by Crippen LogP contribution is -1.86. The smallest absolute Gasteiger partial charge is 0.148 e. The number of fused-ring (bicyclic) bond motifs is 12. The van der Waals surface area contributed by atoms with E-state index in [1.807, 2.05) is 24.3 Å². The number of nitrogens with one attached hydrogen (secondary N) is 2. The first-order valence-electron chi connectivity index (χ1n) is 12.5. The number of H-pyrrole nitrogens is 2. The van der Waals surface area contributed by atoms with E-state index in [1.165, 1.54) is 0 Å². The zero-order valence-electron chi connectivity index (χ0n) is 20.2. The number of thiophene rings is 1. The van der Waals surface area contributed by atoms with Crippen LogP contribution in [0.2, 0.25) is 0 Å². The van der Waals surface area contributed by atoms with Gasteiger partial charge in [-0.05, 0) is 60.7 Å². The van der Waals surface area contributed by atoms with Crippen LogP contribution in [-0.4, -0.2) is 39.9 Å². The fourth-order valence-electron chi connectivity index (χ4n) is 5.51. The van der Waals surface area contributed by atoms with Crippen LogP contribution in [0.25, 0.3) is 87.1 Å². The maximum Gasteiger partial charge on any atom is 0.148 e. The van der Waals surface area contributed by atoms with Crippen molar-refractivity contribution in [3.63, 3.8) is 0 Å². The second-order valence-corrected chi connectivity index (χ2v) is 10.5. The van der Waals surface area contributed by atoms with Crippen LogP contribution in [-0.2, 0) is 0 Å². The highest BCUT2D eigenvalue weighted by atomic mass is 32.1. The van der Waals surface area contributed by atoms with Gasteiger partial charge < -0.3 is 9.97 Å². The first-order chi connectivity index (χ1) is 19.3.